The number of carbonyl (C=O) groups excluding carboxylic acids is 2. The number of thioether (sulfide) groups is 1. The molecule has 0 heterocycles. The number of ether oxygens (including phenoxy) is 2. The number of nitro benzene ring substituents is 1. The molecule has 0 aliphatic heterocycles. The molecule has 1 amide bonds. The van der Waals surface area contributed by atoms with Crippen LogP contribution in [-0.2, 0) is 14.3 Å². The van der Waals surface area contributed by atoms with Crippen molar-refractivity contribution in [2.24, 2.45) is 0 Å². The van der Waals surface area contributed by atoms with Gasteiger partial charge in [-0.2, -0.15) is 4.39 Å². The van der Waals surface area contributed by atoms with E-state index in [1.165, 1.54) is 24.8 Å². The highest BCUT2D eigenvalue weighted by Gasteiger charge is 2.20. The maximum absolute atomic E-state index is 13.3. The van der Waals surface area contributed by atoms with Crippen molar-refractivity contribution in [3.63, 3.8) is 0 Å². The first-order valence-electron chi connectivity index (χ1n) is 8.01. The fourth-order valence-corrected chi connectivity index (χ4v) is 2.75. The van der Waals surface area contributed by atoms with E-state index in [4.69, 9.17) is 9.47 Å². The van der Waals surface area contributed by atoms with Crippen LogP contribution in [0.25, 0.3) is 0 Å². The molecule has 0 saturated carbocycles. The predicted octanol–water partition coefficient (Wildman–Crippen LogP) is 3.41. The Hall–Kier alpha value is -3.14. The molecule has 8 nitrogen and oxygen atoms in total. The van der Waals surface area contributed by atoms with Crippen LogP contribution in [0.5, 0.6) is 5.75 Å². The highest BCUT2D eigenvalue weighted by atomic mass is 32.2. The summed E-state index contributed by atoms with van der Waals surface area (Å²) in [5.41, 5.74) is -0.744. The molecule has 0 fully saturated rings. The fraction of sp³-hybridized carbons (Fsp3) is 0.222. The number of methoxy groups -OCH3 is 1. The van der Waals surface area contributed by atoms with Crippen molar-refractivity contribution in [2.75, 3.05) is 18.2 Å². The lowest BCUT2D eigenvalue weighted by Crippen LogP contribution is -2.30. The molecular formula is C18H17FN2O6S. The van der Waals surface area contributed by atoms with E-state index in [2.05, 4.69) is 5.32 Å². The van der Waals surface area contributed by atoms with Crippen LogP contribution in [0.15, 0.2) is 47.4 Å². The number of benzene rings is 2. The minimum Gasteiger partial charge on any atom is -0.497 e. The Kier molecular flexibility index (Phi) is 7.33. The molecule has 0 aromatic heterocycles. The number of nitrogens with one attached hydrogen (secondary N) is 1. The topological polar surface area (TPSA) is 108 Å². The number of esters is 1. The predicted molar refractivity (Wildman–Crippen MR) is 101 cm³/mol. The first-order valence-corrected chi connectivity index (χ1v) is 9.00. The standard InChI is InChI=1S/C18H17FN2O6S/c1-11(18(23)20-12-3-8-15(19)16(9-12)21(24)25)27-17(22)10-28-14-6-4-13(26-2)5-7-14/h3-9,11H,10H2,1-2H3,(H,20,23)/t11-/m1/s1. The van der Waals surface area contributed by atoms with Crippen molar-refractivity contribution in [2.45, 2.75) is 17.9 Å². The zero-order valence-electron chi connectivity index (χ0n) is 15.0. The molecule has 2 rings (SSSR count). The first kappa shape index (κ1) is 21.2. The number of hydrogen-bond acceptors (Lipinski definition) is 7. The van der Waals surface area contributed by atoms with E-state index in [-0.39, 0.29) is 11.4 Å². The highest BCUT2D eigenvalue weighted by molar-refractivity contribution is 8.00. The number of hydrogen-bond donors (Lipinski definition) is 1. The summed E-state index contributed by atoms with van der Waals surface area (Å²) in [6.07, 6.45) is -1.13. The Morgan fingerprint density at radius 2 is 1.93 bits per heavy atom. The van der Waals surface area contributed by atoms with Crippen LogP contribution in [0.4, 0.5) is 15.8 Å². The van der Waals surface area contributed by atoms with E-state index in [9.17, 15) is 24.1 Å². The summed E-state index contributed by atoms with van der Waals surface area (Å²) >= 11 is 1.23. The third-order valence-corrected chi connectivity index (χ3v) is 4.49. The number of anilines is 1. The van der Waals surface area contributed by atoms with E-state index < -0.39 is 34.4 Å². The van der Waals surface area contributed by atoms with Gasteiger partial charge in [-0.05, 0) is 43.3 Å². The van der Waals surface area contributed by atoms with Crippen molar-refractivity contribution < 1.29 is 28.4 Å². The third-order valence-electron chi connectivity index (χ3n) is 3.50. The van der Waals surface area contributed by atoms with Gasteiger partial charge in [0.05, 0.1) is 17.8 Å². The number of halogens is 1. The molecule has 0 spiro atoms. The highest BCUT2D eigenvalue weighted by Crippen LogP contribution is 2.23. The van der Waals surface area contributed by atoms with E-state index in [0.29, 0.717) is 5.75 Å². The number of carbonyl (C=O) groups is 2. The van der Waals surface area contributed by atoms with Gasteiger partial charge in [-0.15, -0.1) is 11.8 Å². The quantitative estimate of drug-likeness (QED) is 0.309. The molecule has 148 valence electrons. The molecule has 0 aliphatic carbocycles. The van der Waals surface area contributed by atoms with Gasteiger partial charge in [0.25, 0.3) is 5.91 Å². The summed E-state index contributed by atoms with van der Waals surface area (Å²) in [4.78, 5) is 34.7. The number of nitro groups is 1. The van der Waals surface area contributed by atoms with Gasteiger partial charge >= 0.3 is 11.7 Å². The van der Waals surface area contributed by atoms with Crippen LogP contribution in [0.3, 0.4) is 0 Å². The summed E-state index contributed by atoms with van der Waals surface area (Å²) in [6, 6.07) is 10.0. The Labute approximate surface area is 164 Å². The summed E-state index contributed by atoms with van der Waals surface area (Å²) in [7, 11) is 1.55. The smallest absolute Gasteiger partial charge is 0.317 e. The molecule has 2 aromatic rings. The maximum Gasteiger partial charge on any atom is 0.317 e. The number of nitrogens with zero attached hydrogens (tertiary/aromatic N) is 1. The Bertz CT molecular complexity index is 875. The minimum absolute atomic E-state index is 0.00797. The van der Waals surface area contributed by atoms with Crippen molar-refractivity contribution in [1.82, 2.24) is 0 Å². The van der Waals surface area contributed by atoms with E-state index in [1.807, 2.05) is 0 Å². The van der Waals surface area contributed by atoms with Crippen LogP contribution < -0.4 is 10.1 Å². The molecule has 0 saturated heterocycles. The van der Waals surface area contributed by atoms with Crippen LogP contribution in [0.2, 0.25) is 0 Å². The Morgan fingerprint density at radius 3 is 2.54 bits per heavy atom. The fourth-order valence-electron chi connectivity index (χ4n) is 2.07. The van der Waals surface area contributed by atoms with Gasteiger partial charge in [0.2, 0.25) is 5.82 Å². The van der Waals surface area contributed by atoms with Crippen LogP contribution >= 0.6 is 11.8 Å². The Morgan fingerprint density at radius 1 is 1.25 bits per heavy atom. The minimum atomic E-state index is -1.13. The monoisotopic (exact) mass is 408 g/mol. The second-order valence-electron chi connectivity index (χ2n) is 5.51. The lowest BCUT2D eigenvalue weighted by Gasteiger charge is -2.13. The van der Waals surface area contributed by atoms with Gasteiger partial charge in [0, 0.05) is 16.6 Å². The number of rotatable bonds is 8. The van der Waals surface area contributed by atoms with E-state index in [0.717, 1.165) is 17.0 Å². The van der Waals surface area contributed by atoms with Crippen LogP contribution in [0.1, 0.15) is 6.92 Å². The van der Waals surface area contributed by atoms with Crippen molar-refractivity contribution >= 4 is 35.0 Å². The zero-order valence-corrected chi connectivity index (χ0v) is 15.8. The third kappa shape index (κ3) is 5.95. The normalized spacial score (nSPS) is 11.4. The molecule has 0 aliphatic rings. The second-order valence-corrected chi connectivity index (χ2v) is 6.56. The molecule has 0 radical (unpaired) electrons. The van der Waals surface area contributed by atoms with Gasteiger partial charge in [0.15, 0.2) is 6.10 Å². The summed E-state index contributed by atoms with van der Waals surface area (Å²) in [5.74, 6) is -1.63. The van der Waals surface area contributed by atoms with Gasteiger partial charge in [0.1, 0.15) is 5.75 Å². The van der Waals surface area contributed by atoms with Crippen LogP contribution in [-0.4, -0.2) is 35.8 Å². The maximum atomic E-state index is 13.3. The van der Waals surface area contributed by atoms with E-state index in [1.54, 1.807) is 31.4 Å². The first-order chi connectivity index (χ1) is 13.3. The molecule has 1 N–H and O–H groups in total. The summed E-state index contributed by atoms with van der Waals surface area (Å²) in [6.45, 7) is 1.36. The second kappa shape index (κ2) is 9.70. The molecule has 1 atom stereocenters. The van der Waals surface area contributed by atoms with Crippen molar-refractivity contribution in [1.29, 1.82) is 0 Å². The average molecular weight is 408 g/mol. The summed E-state index contributed by atoms with van der Waals surface area (Å²) < 4.78 is 23.4. The molecule has 0 unspecified atom stereocenters. The van der Waals surface area contributed by atoms with Gasteiger partial charge in [-0.3, -0.25) is 19.7 Å². The number of amides is 1. The van der Waals surface area contributed by atoms with Crippen molar-refractivity contribution in [3.05, 3.63) is 58.4 Å². The van der Waals surface area contributed by atoms with Gasteiger partial charge in [-0.1, -0.05) is 0 Å². The molecular weight excluding hydrogens is 391 g/mol. The zero-order chi connectivity index (χ0) is 20.7. The van der Waals surface area contributed by atoms with E-state index >= 15 is 0 Å². The molecule has 0 bridgehead atoms. The molecule has 28 heavy (non-hydrogen) atoms. The van der Waals surface area contributed by atoms with Crippen molar-refractivity contribution in [3.8, 4) is 5.75 Å². The summed E-state index contributed by atoms with van der Waals surface area (Å²) in [5, 5.41) is 13.1. The van der Waals surface area contributed by atoms with Gasteiger partial charge < -0.3 is 14.8 Å². The van der Waals surface area contributed by atoms with Gasteiger partial charge in [-0.25, -0.2) is 0 Å². The molecule has 10 heteroatoms. The largest absolute Gasteiger partial charge is 0.497 e. The van der Waals surface area contributed by atoms with Crippen LogP contribution in [0, 0.1) is 15.9 Å². The molecule has 2 aromatic carbocycles. The lowest BCUT2D eigenvalue weighted by molar-refractivity contribution is -0.387. The SMILES string of the molecule is COc1ccc(SCC(=O)O[C@H](C)C(=O)Nc2ccc(F)c([N+](=O)[O-])c2)cc1. The Balaban J connectivity index is 1.86. The lowest BCUT2D eigenvalue weighted by atomic mass is 10.2. The average Bonchev–Trinajstić information content (AvgIpc) is 2.67.